The predicted molar refractivity (Wildman–Crippen MR) is 50.5 cm³/mol. The number of alkyl halides is 2. The second-order valence-electron chi connectivity index (χ2n) is 4.18. The fourth-order valence-corrected chi connectivity index (χ4v) is 1.63. The van der Waals surface area contributed by atoms with Crippen molar-refractivity contribution in [1.29, 1.82) is 0 Å². The van der Waals surface area contributed by atoms with Crippen LogP contribution in [-0.4, -0.2) is 37.2 Å². The van der Waals surface area contributed by atoms with Gasteiger partial charge in [0.2, 0.25) is 5.91 Å². The molecule has 0 aromatic heterocycles. The molecule has 0 unspecified atom stereocenters. The van der Waals surface area contributed by atoms with E-state index >= 15 is 0 Å². The number of hydrogen-bond donors (Lipinski definition) is 0. The van der Waals surface area contributed by atoms with Gasteiger partial charge in [-0.05, 0) is 26.2 Å². The Labute approximate surface area is 83.3 Å². The van der Waals surface area contributed by atoms with Gasteiger partial charge in [-0.3, -0.25) is 4.79 Å². The first kappa shape index (κ1) is 11.4. The summed E-state index contributed by atoms with van der Waals surface area (Å²) in [5, 5.41) is 0. The zero-order chi connectivity index (χ0) is 10.6. The zero-order valence-corrected chi connectivity index (χ0v) is 8.56. The number of piperidine rings is 1. The van der Waals surface area contributed by atoms with Gasteiger partial charge < -0.3 is 4.90 Å². The van der Waals surface area contributed by atoms with Crippen LogP contribution in [0, 0.1) is 5.41 Å². The largest absolute Gasteiger partial charge is 0.342 e. The van der Waals surface area contributed by atoms with Crippen molar-refractivity contribution in [2.24, 2.45) is 5.41 Å². The molecule has 0 radical (unpaired) electrons. The molecular weight excluding hydrogens is 188 g/mol. The van der Waals surface area contributed by atoms with E-state index in [1.54, 1.807) is 4.90 Å². The van der Waals surface area contributed by atoms with Crippen LogP contribution in [0.1, 0.15) is 26.2 Å². The Bertz CT molecular complexity index is 198. The Balaban J connectivity index is 2.61. The first-order valence-electron chi connectivity index (χ1n) is 5.05. The molecule has 1 heterocycles. The number of carbonyl (C=O) groups excluding carboxylic acids is 1. The lowest BCUT2D eigenvalue weighted by Gasteiger charge is -2.33. The van der Waals surface area contributed by atoms with Gasteiger partial charge in [0.25, 0.3) is 0 Å². The lowest BCUT2D eigenvalue weighted by atomic mass is 9.91. The van der Waals surface area contributed by atoms with E-state index in [1.165, 1.54) is 6.92 Å². The van der Waals surface area contributed by atoms with Gasteiger partial charge in [0, 0.05) is 13.1 Å². The molecule has 2 nitrogen and oxygen atoms in total. The lowest BCUT2D eigenvalue weighted by molar-refractivity contribution is -0.144. The van der Waals surface area contributed by atoms with Gasteiger partial charge in [-0.15, -0.1) is 0 Å². The summed E-state index contributed by atoms with van der Waals surface area (Å²) in [6, 6.07) is 0. The third kappa shape index (κ3) is 2.22. The molecule has 0 spiro atoms. The maximum Gasteiger partial charge on any atom is 0.233 e. The highest BCUT2D eigenvalue weighted by Crippen LogP contribution is 2.23. The minimum atomic E-state index is -1.45. The molecule has 1 rings (SSSR count). The Morgan fingerprint density at radius 3 is 2.14 bits per heavy atom. The summed E-state index contributed by atoms with van der Waals surface area (Å²) in [6.07, 6.45) is 2.99. The smallest absolute Gasteiger partial charge is 0.233 e. The van der Waals surface area contributed by atoms with Gasteiger partial charge in [-0.25, -0.2) is 8.78 Å². The van der Waals surface area contributed by atoms with E-state index in [2.05, 4.69) is 0 Å². The van der Waals surface area contributed by atoms with Gasteiger partial charge in [0.05, 0.1) is 0 Å². The molecule has 0 atom stereocenters. The predicted octanol–water partition coefficient (Wildman–Crippen LogP) is 1.94. The third-order valence-corrected chi connectivity index (χ3v) is 2.75. The summed E-state index contributed by atoms with van der Waals surface area (Å²) >= 11 is 0. The molecule has 0 aromatic rings. The van der Waals surface area contributed by atoms with Crippen LogP contribution in [0.5, 0.6) is 0 Å². The van der Waals surface area contributed by atoms with Gasteiger partial charge in [0.1, 0.15) is 18.8 Å². The van der Waals surface area contributed by atoms with Crippen molar-refractivity contribution in [3.63, 3.8) is 0 Å². The van der Waals surface area contributed by atoms with Crippen molar-refractivity contribution in [3.8, 4) is 0 Å². The van der Waals surface area contributed by atoms with Gasteiger partial charge in [-0.1, -0.05) is 0 Å². The van der Waals surface area contributed by atoms with Crippen molar-refractivity contribution in [3.05, 3.63) is 0 Å². The molecule has 1 saturated heterocycles. The van der Waals surface area contributed by atoms with Crippen LogP contribution in [-0.2, 0) is 4.79 Å². The Morgan fingerprint density at radius 1 is 1.21 bits per heavy atom. The van der Waals surface area contributed by atoms with Crippen molar-refractivity contribution in [2.75, 3.05) is 26.4 Å². The number of nitrogens with zero attached hydrogens (tertiary/aromatic N) is 1. The normalized spacial score (nSPS) is 18.4. The Morgan fingerprint density at radius 2 is 1.71 bits per heavy atom. The summed E-state index contributed by atoms with van der Waals surface area (Å²) in [7, 11) is 0. The molecule has 82 valence electrons. The van der Waals surface area contributed by atoms with Crippen molar-refractivity contribution in [2.45, 2.75) is 26.2 Å². The molecule has 0 aromatic carbocycles. The van der Waals surface area contributed by atoms with Crippen LogP contribution in [0.15, 0.2) is 0 Å². The highest BCUT2D eigenvalue weighted by atomic mass is 19.1. The van der Waals surface area contributed by atoms with E-state index in [0.717, 1.165) is 19.3 Å². The molecule has 1 fully saturated rings. The van der Waals surface area contributed by atoms with Crippen molar-refractivity contribution in [1.82, 2.24) is 4.90 Å². The summed E-state index contributed by atoms with van der Waals surface area (Å²) in [6.45, 7) is 0.810. The van der Waals surface area contributed by atoms with Crippen LogP contribution < -0.4 is 0 Å². The third-order valence-electron chi connectivity index (χ3n) is 2.75. The molecule has 0 N–H and O–H groups in total. The summed E-state index contributed by atoms with van der Waals surface area (Å²) < 4.78 is 25.1. The van der Waals surface area contributed by atoms with Crippen LogP contribution in [0.4, 0.5) is 8.78 Å². The maximum absolute atomic E-state index is 12.6. The van der Waals surface area contributed by atoms with Gasteiger partial charge in [0.15, 0.2) is 0 Å². The number of hydrogen-bond acceptors (Lipinski definition) is 1. The summed E-state index contributed by atoms with van der Waals surface area (Å²) in [4.78, 5) is 13.3. The average molecular weight is 205 g/mol. The number of carbonyl (C=O) groups is 1. The minimum Gasteiger partial charge on any atom is -0.342 e. The quantitative estimate of drug-likeness (QED) is 0.689. The average Bonchev–Trinajstić information content (AvgIpc) is 2.28. The zero-order valence-electron chi connectivity index (χ0n) is 8.56. The lowest BCUT2D eigenvalue weighted by Crippen LogP contribution is -2.47. The minimum absolute atomic E-state index is 0.373. The summed E-state index contributed by atoms with van der Waals surface area (Å²) in [5.41, 5.74) is -1.45. The topological polar surface area (TPSA) is 20.3 Å². The fourth-order valence-electron chi connectivity index (χ4n) is 1.63. The summed E-state index contributed by atoms with van der Waals surface area (Å²) in [5.74, 6) is -0.373. The van der Waals surface area contributed by atoms with Crippen LogP contribution in [0.3, 0.4) is 0 Å². The van der Waals surface area contributed by atoms with Crippen molar-refractivity contribution >= 4 is 5.91 Å². The number of halogens is 2. The molecule has 0 aliphatic carbocycles. The molecule has 14 heavy (non-hydrogen) atoms. The highest BCUT2D eigenvalue weighted by molar-refractivity contribution is 5.82. The van der Waals surface area contributed by atoms with Crippen LogP contribution in [0.2, 0.25) is 0 Å². The number of rotatable bonds is 3. The fraction of sp³-hybridized carbons (Fsp3) is 0.900. The molecule has 0 saturated carbocycles. The molecule has 1 aliphatic heterocycles. The first-order valence-corrected chi connectivity index (χ1v) is 5.05. The number of amides is 1. The van der Waals surface area contributed by atoms with Crippen molar-refractivity contribution < 1.29 is 13.6 Å². The molecular formula is C10H17F2NO. The SMILES string of the molecule is CC(CF)(CF)C(=O)N1CCCCC1. The molecule has 0 bridgehead atoms. The van der Waals surface area contributed by atoms with E-state index in [-0.39, 0.29) is 5.91 Å². The maximum atomic E-state index is 12.6. The van der Waals surface area contributed by atoms with Crippen LogP contribution in [0.25, 0.3) is 0 Å². The van der Waals surface area contributed by atoms with E-state index in [1.807, 2.05) is 0 Å². The van der Waals surface area contributed by atoms with E-state index in [4.69, 9.17) is 0 Å². The first-order chi connectivity index (χ1) is 6.64. The number of likely N-dealkylation sites (tertiary alicyclic amines) is 1. The van der Waals surface area contributed by atoms with Gasteiger partial charge >= 0.3 is 0 Å². The molecule has 4 heteroatoms. The standard InChI is InChI=1S/C10H17F2NO/c1-10(7-11,8-12)9(14)13-5-3-2-4-6-13/h2-8H2,1H3. The van der Waals surface area contributed by atoms with E-state index in [9.17, 15) is 13.6 Å². The molecule has 1 aliphatic rings. The van der Waals surface area contributed by atoms with E-state index in [0.29, 0.717) is 13.1 Å². The van der Waals surface area contributed by atoms with Gasteiger partial charge in [-0.2, -0.15) is 0 Å². The van der Waals surface area contributed by atoms with Crippen LogP contribution >= 0.6 is 0 Å². The second kappa shape index (κ2) is 4.71. The Kier molecular flexibility index (Phi) is 3.84. The Hall–Kier alpha value is -0.670. The highest BCUT2D eigenvalue weighted by Gasteiger charge is 2.37. The second-order valence-corrected chi connectivity index (χ2v) is 4.18. The van der Waals surface area contributed by atoms with E-state index < -0.39 is 18.8 Å². The molecule has 1 amide bonds. The monoisotopic (exact) mass is 205 g/mol.